The van der Waals surface area contributed by atoms with Crippen molar-refractivity contribution in [2.75, 3.05) is 13.1 Å². The Labute approximate surface area is 124 Å². The van der Waals surface area contributed by atoms with E-state index in [4.69, 9.17) is 5.73 Å². The molecule has 0 aliphatic heterocycles. The Kier molecular flexibility index (Phi) is 5.22. The third-order valence-corrected chi connectivity index (χ3v) is 4.06. The summed E-state index contributed by atoms with van der Waals surface area (Å²) in [7, 11) is 0. The van der Waals surface area contributed by atoms with Gasteiger partial charge in [0.25, 0.3) is 0 Å². The molecule has 1 aromatic rings. The van der Waals surface area contributed by atoms with Crippen LogP contribution in [0.2, 0.25) is 0 Å². The zero-order valence-corrected chi connectivity index (χ0v) is 13.5. The Morgan fingerprint density at radius 3 is 2.25 bits per heavy atom. The van der Waals surface area contributed by atoms with Crippen molar-refractivity contribution >= 4 is 0 Å². The molecule has 0 saturated heterocycles. The van der Waals surface area contributed by atoms with E-state index in [1.165, 1.54) is 36.1 Å². The molecule has 20 heavy (non-hydrogen) atoms. The first kappa shape index (κ1) is 15.5. The summed E-state index contributed by atoms with van der Waals surface area (Å²) >= 11 is 0. The summed E-state index contributed by atoms with van der Waals surface area (Å²) in [4.78, 5) is 2.65. The largest absolute Gasteiger partial charge is 0.324 e. The maximum atomic E-state index is 6.41. The van der Waals surface area contributed by atoms with Gasteiger partial charge in [-0.05, 0) is 44.6 Å². The lowest BCUT2D eigenvalue weighted by atomic mass is 9.99. The molecule has 0 amide bonds. The van der Waals surface area contributed by atoms with Crippen LogP contribution in [0, 0.1) is 19.8 Å². The molecule has 1 aliphatic rings. The van der Waals surface area contributed by atoms with Crippen molar-refractivity contribution in [3.05, 3.63) is 34.9 Å². The molecular formula is C18H30N2. The van der Waals surface area contributed by atoms with E-state index in [0.29, 0.717) is 0 Å². The molecule has 0 heterocycles. The number of hydrogen-bond donors (Lipinski definition) is 1. The highest BCUT2D eigenvalue weighted by atomic mass is 15.2. The van der Waals surface area contributed by atoms with Crippen molar-refractivity contribution in [1.82, 2.24) is 4.90 Å². The second kappa shape index (κ2) is 6.73. The van der Waals surface area contributed by atoms with Gasteiger partial charge in [-0.25, -0.2) is 0 Å². The van der Waals surface area contributed by atoms with Crippen molar-refractivity contribution in [3.8, 4) is 0 Å². The Balaban J connectivity index is 1.91. The lowest BCUT2D eigenvalue weighted by Crippen LogP contribution is -2.32. The minimum Gasteiger partial charge on any atom is -0.324 e. The Hall–Kier alpha value is -0.860. The lowest BCUT2D eigenvalue weighted by Gasteiger charge is -2.25. The highest BCUT2D eigenvalue weighted by molar-refractivity contribution is 5.30. The lowest BCUT2D eigenvalue weighted by molar-refractivity contribution is 0.226. The molecule has 112 valence electrons. The molecule has 1 atom stereocenters. The molecule has 1 saturated carbocycles. The molecule has 2 N–H and O–H groups in total. The fourth-order valence-corrected chi connectivity index (χ4v) is 3.03. The van der Waals surface area contributed by atoms with Crippen LogP contribution in [0.4, 0.5) is 0 Å². The van der Waals surface area contributed by atoms with E-state index < -0.39 is 0 Å². The van der Waals surface area contributed by atoms with E-state index in [-0.39, 0.29) is 6.04 Å². The third kappa shape index (κ3) is 4.60. The molecule has 2 heteroatoms. The summed E-state index contributed by atoms with van der Waals surface area (Å²) in [6, 6.07) is 7.69. The zero-order chi connectivity index (χ0) is 14.7. The predicted molar refractivity (Wildman–Crippen MR) is 86.9 cm³/mol. The fourth-order valence-electron chi connectivity index (χ4n) is 3.03. The van der Waals surface area contributed by atoms with Gasteiger partial charge in [-0.3, -0.25) is 0 Å². The van der Waals surface area contributed by atoms with E-state index in [1.807, 2.05) is 0 Å². The van der Waals surface area contributed by atoms with E-state index >= 15 is 0 Å². The van der Waals surface area contributed by atoms with Gasteiger partial charge in [-0.15, -0.1) is 0 Å². The van der Waals surface area contributed by atoms with Gasteiger partial charge >= 0.3 is 0 Å². The summed E-state index contributed by atoms with van der Waals surface area (Å²) in [5.74, 6) is 0.744. The van der Waals surface area contributed by atoms with E-state index in [1.54, 1.807) is 0 Å². The smallest absolute Gasteiger partial charge is 0.0307 e. The Bertz CT molecular complexity index is 415. The summed E-state index contributed by atoms with van der Waals surface area (Å²) in [6.45, 7) is 11.3. The van der Waals surface area contributed by atoms with Crippen molar-refractivity contribution in [3.63, 3.8) is 0 Å². The van der Waals surface area contributed by atoms with Gasteiger partial charge in [0.1, 0.15) is 0 Å². The third-order valence-electron chi connectivity index (χ3n) is 4.06. The maximum Gasteiger partial charge on any atom is 0.0307 e. The summed E-state index contributed by atoms with van der Waals surface area (Å²) in [6.07, 6.45) is 3.82. The molecule has 1 aromatic carbocycles. The molecule has 1 fully saturated rings. The van der Waals surface area contributed by atoms with E-state index in [2.05, 4.69) is 50.8 Å². The fraction of sp³-hybridized carbons (Fsp3) is 0.667. The van der Waals surface area contributed by atoms with Crippen molar-refractivity contribution in [1.29, 1.82) is 0 Å². The molecule has 0 radical (unpaired) electrons. The molecule has 2 nitrogen and oxygen atoms in total. The summed E-state index contributed by atoms with van der Waals surface area (Å²) in [5.41, 5.74) is 10.3. The average Bonchev–Trinajstić information content (AvgIpc) is 3.16. The average molecular weight is 274 g/mol. The van der Waals surface area contributed by atoms with E-state index in [9.17, 15) is 0 Å². The van der Waals surface area contributed by atoms with Crippen molar-refractivity contribution < 1.29 is 0 Å². The van der Waals surface area contributed by atoms with Crippen LogP contribution in [0.1, 0.15) is 55.8 Å². The number of nitrogens with two attached hydrogens (primary N) is 1. The van der Waals surface area contributed by atoms with Crippen molar-refractivity contribution in [2.45, 2.75) is 59.0 Å². The van der Waals surface area contributed by atoms with Crippen LogP contribution < -0.4 is 5.73 Å². The number of nitrogens with zero attached hydrogens (tertiary/aromatic N) is 1. The molecule has 1 unspecified atom stereocenters. The highest BCUT2D eigenvalue weighted by Crippen LogP contribution is 2.28. The highest BCUT2D eigenvalue weighted by Gasteiger charge is 2.29. The van der Waals surface area contributed by atoms with Gasteiger partial charge in [0.2, 0.25) is 0 Å². The second-order valence-electron chi connectivity index (χ2n) is 6.94. The minimum atomic E-state index is 0.169. The van der Waals surface area contributed by atoms with Gasteiger partial charge in [0.15, 0.2) is 0 Å². The van der Waals surface area contributed by atoms with Crippen LogP contribution >= 0.6 is 0 Å². The number of rotatable bonds is 7. The van der Waals surface area contributed by atoms with Gasteiger partial charge in [-0.1, -0.05) is 43.2 Å². The zero-order valence-electron chi connectivity index (χ0n) is 13.5. The maximum absolute atomic E-state index is 6.41. The normalized spacial score (nSPS) is 16.9. The van der Waals surface area contributed by atoms with Gasteiger partial charge in [-0.2, -0.15) is 0 Å². The van der Waals surface area contributed by atoms with Crippen LogP contribution in [0.3, 0.4) is 0 Å². The van der Waals surface area contributed by atoms with Gasteiger partial charge in [0.05, 0.1) is 0 Å². The molecule has 0 spiro atoms. The first-order chi connectivity index (χ1) is 9.45. The van der Waals surface area contributed by atoms with Crippen LogP contribution in [0.25, 0.3) is 0 Å². The predicted octanol–water partition coefficient (Wildman–Crippen LogP) is 3.81. The van der Waals surface area contributed by atoms with Crippen molar-refractivity contribution in [2.24, 2.45) is 11.7 Å². The van der Waals surface area contributed by atoms with E-state index in [0.717, 1.165) is 24.9 Å². The Morgan fingerprint density at radius 2 is 1.75 bits per heavy atom. The number of benzene rings is 1. The number of hydrogen-bond acceptors (Lipinski definition) is 2. The number of aryl methyl sites for hydroxylation is 2. The minimum absolute atomic E-state index is 0.169. The summed E-state index contributed by atoms with van der Waals surface area (Å²) in [5, 5.41) is 0. The molecular weight excluding hydrogens is 244 g/mol. The standard InChI is InChI=1S/C18H30N2/c1-13(2)12-20(17-5-6-17)8-7-18(19)16-10-14(3)9-15(4)11-16/h9-11,13,17-18H,5-8,12,19H2,1-4H3. The Morgan fingerprint density at radius 1 is 1.15 bits per heavy atom. The quantitative estimate of drug-likeness (QED) is 0.819. The monoisotopic (exact) mass is 274 g/mol. The molecule has 1 aliphatic carbocycles. The van der Waals surface area contributed by atoms with Crippen LogP contribution in [0.5, 0.6) is 0 Å². The topological polar surface area (TPSA) is 29.3 Å². The van der Waals surface area contributed by atoms with Crippen LogP contribution in [0.15, 0.2) is 18.2 Å². The van der Waals surface area contributed by atoms with Crippen LogP contribution in [-0.2, 0) is 0 Å². The first-order valence-electron chi connectivity index (χ1n) is 8.03. The van der Waals surface area contributed by atoms with Gasteiger partial charge < -0.3 is 10.6 Å². The summed E-state index contributed by atoms with van der Waals surface area (Å²) < 4.78 is 0. The van der Waals surface area contributed by atoms with Crippen LogP contribution in [-0.4, -0.2) is 24.0 Å². The molecule has 0 bridgehead atoms. The second-order valence-corrected chi connectivity index (χ2v) is 6.94. The van der Waals surface area contributed by atoms with Gasteiger partial charge in [0, 0.05) is 25.2 Å². The molecule has 2 rings (SSSR count). The molecule has 0 aromatic heterocycles. The first-order valence-corrected chi connectivity index (χ1v) is 8.03. The SMILES string of the molecule is Cc1cc(C)cc(C(N)CCN(CC(C)C)C2CC2)c1.